The first kappa shape index (κ1) is 15.4. The second kappa shape index (κ2) is 7.21. The van der Waals surface area contributed by atoms with Crippen molar-refractivity contribution in [3.8, 4) is 0 Å². The molecule has 3 N–H and O–H groups in total. The molecule has 2 aliphatic carbocycles. The Bertz CT molecular complexity index is 448. The minimum atomic E-state index is 0.363. The van der Waals surface area contributed by atoms with Crippen LogP contribution < -0.4 is 11.3 Å². The first-order valence-electron chi connectivity index (χ1n) is 8.33. The van der Waals surface area contributed by atoms with Gasteiger partial charge in [0.2, 0.25) is 0 Å². The lowest BCUT2D eigenvalue weighted by atomic mass is 9.66. The molecule has 0 spiro atoms. The first-order valence-corrected chi connectivity index (χ1v) is 9.12. The molecule has 4 atom stereocenters. The maximum Gasteiger partial charge on any atom is 0.0420 e. The van der Waals surface area contributed by atoms with E-state index in [4.69, 9.17) is 5.84 Å². The summed E-state index contributed by atoms with van der Waals surface area (Å²) in [6.45, 7) is 0. The fraction of sp³-hybridized carbons (Fsp3) is 0.706. The molecule has 21 heavy (non-hydrogen) atoms. The van der Waals surface area contributed by atoms with Crippen molar-refractivity contribution < 1.29 is 0 Å². The molecule has 0 saturated heterocycles. The Morgan fingerprint density at radius 2 is 2.00 bits per heavy atom. The van der Waals surface area contributed by atoms with Crippen LogP contribution in [-0.2, 0) is 6.42 Å². The Kier molecular flexibility index (Phi) is 5.30. The Hall–Kier alpha value is -0.450. The molecule has 3 rings (SSSR count). The molecule has 2 saturated carbocycles. The van der Waals surface area contributed by atoms with Crippen LogP contribution in [-0.4, -0.2) is 11.0 Å². The van der Waals surface area contributed by atoms with Crippen molar-refractivity contribution in [3.05, 3.63) is 28.5 Å². The van der Waals surface area contributed by atoms with Crippen molar-refractivity contribution in [2.24, 2.45) is 23.6 Å². The zero-order valence-electron chi connectivity index (χ0n) is 12.6. The van der Waals surface area contributed by atoms with Crippen LogP contribution in [0.4, 0.5) is 0 Å². The average Bonchev–Trinajstić information content (AvgIpc) is 2.54. The lowest BCUT2D eigenvalue weighted by Gasteiger charge is -2.41. The van der Waals surface area contributed by atoms with Gasteiger partial charge in [0.1, 0.15) is 0 Å². The summed E-state index contributed by atoms with van der Waals surface area (Å²) in [4.78, 5) is 4.50. The zero-order chi connectivity index (χ0) is 14.7. The summed E-state index contributed by atoms with van der Waals surface area (Å²) in [6.07, 6.45) is 12.7. The van der Waals surface area contributed by atoms with E-state index in [1.54, 1.807) is 0 Å². The molecule has 0 amide bonds. The Morgan fingerprint density at radius 3 is 2.71 bits per heavy atom. The van der Waals surface area contributed by atoms with Gasteiger partial charge in [-0.2, -0.15) is 0 Å². The maximum atomic E-state index is 5.86. The number of nitrogens with zero attached hydrogens (tertiary/aromatic N) is 1. The summed E-state index contributed by atoms with van der Waals surface area (Å²) in [7, 11) is 0. The quantitative estimate of drug-likeness (QED) is 0.640. The molecule has 0 bridgehead atoms. The molecule has 1 aromatic rings. The van der Waals surface area contributed by atoms with E-state index in [9.17, 15) is 0 Å². The molecule has 1 heterocycles. The highest BCUT2D eigenvalue weighted by Crippen LogP contribution is 2.43. The number of fused-ring (bicyclic) bond motifs is 1. The van der Waals surface area contributed by atoms with Gasteiger partial charge in [0.25, 0.3) is 0 Å². The summed E-state index contributed by atoms with van der Waals surface area (Å²) >= 11 is 3.44. The van der Waals surface area contributed by atoms with E-state index < -0.39 is 0 Å². The van der Waals surface area contributed by atoms with Crippen molar-refractivity contribution >= 4 is 15.9 Å². The van der Waals surface area contributed by atoms with Crippen molar-refractivity contribution in [2.45, 2.75) is 57.4 Å². The topological polar surface area (TPSA) is 50.9 Å². The molecule has 2 fully saturated rings. The monoisotopic (exact) mass is 351 g/mol. The van der Waals surface area contributed by atoms with Crippen molar-refractivity contribution in [3.63, 3.8) is 0 Å². The van der Waals surface area contributed by atoms with Crippen LogP contribution in [0.5, 0.6) is 0 Å². The van der Waals surface area contributed by atoms with E-state index in [0.717, 1.165) is 28.4 Å². The normalized spacial score (nSPS) is 30.7. The molecule has 4 heteroatoms. The van der Waals surface area contributed by atoms with E-state index in [1.165, 1.54) is 44.9 Å². The van der Waals surface area contributed by atoms with Crippen LogP contribution in [0.15, 0.2) is 22.8 Å². The van der Waals surface area contributed by atoms with E-state index in [1.807, 2.05) is 6.20 Å². The van der Waals surface area contributed by atoms with Gasteiger partial charge in [-0.25, -0.2) is 0 Å². The molecule has 0 radical (unpaired) electrons. The van der Waals surface area contributed by atoms with Gasteiger partial charge >= 0.3 is 0 Å². The van der Waals surface area contributed by atoms with Gasteiger partial charge in [-0.3, -0.25) is 16.3 Å². The van der Waals surface area contributed by atoms with E-state index in [0.29, 0.717) is 12.0 Å². The molecule has 3 nitrogen and oxygen atoms in total. The standard InChI is InChI=1S/C17H26BrN3/c18-15-7-8-16(20-11-15)10-17(21-19)14-6-5-12-3-1-2-4-13(12)9-14/h7-8,11-14,17,21H,1-6,9-10,19H2. The minimum Gasteiger partial charge on any atom is -0.271 e. The average molecular weight is 352 g/mol. The minimum absolute atomic E-state index is 0.363. The summed E-state index contributed by atoms with van der Waals surface area (Å²) in [5.41, 5.74) is 4.21. The number of pyridine rings is 1. The Morgan fingerprint density at radius 1 is 1.19 bits per heavy atom. The lowest BCUT2D eigenvalue weighted by molar-refractivity contribution is 0.109. The number of nitrogens with one attached hydrogen (secondary N) is 1. The van der Waals surface area contributed by atoms with Crippen LogP contribution in [0, 0.1) is 17.8 Å². The fourth-order valence-electron chi connectivity index (χ4n) is 4.39. The van der Waals surface area contributed by atoms with E-state index in [-0.39, 0.29) is 0 Å². The summed E-state index contributed by atoms with van der Waals surface area (Å²) in [6, 6.07) is 4.52. The largest absolute Gasteiger partial charge is 0.271 e. The summed E-state index contributed by atoms with van der Waals surface area (Å²) in [5, 5.41) is 0. The van der Waals surface area contributed by atoms with Gasteiger partial charge in [-0.05, 0) is 65.1 Å². The first-order chi connectivity index (χ1) is 10.3. The number of hydrazine groups is 1. The van der Waals surface area contributed by atoms with E-state index in [2.05, 4.69) is 38.5 Å². The summed E-state index contributed by atoms with van der Waals surface area (Å²) in [5.74, 6) is 8.52. The van der Waals surface area contributed by atoms with Crippen LogP contribution in [0.25, 0.3) is 0 Å². The van der Waals surface area contributed by atoms with Crippen LogP contribution in [0.2, 0.25) is 0 Å². The molecular weight excluding hydrogens is 326 g/mol. The maximum absolute atomic E-state index is 5.86. The van der Waals surface area contributed by atoms with E-state index >= 15 is 0 Å². The van der Waals surface area contributed by atoms with Gasteiger partial charge in [-0.1, -0.05) is 25.7 Å². The fourth-order valence-corrected chi connectivity index (χ4v) is 4.62. The highest BCUT2D eigenvalue weighted by molar-refractivity contribution is 9.10. The molecule has 0 aliphatic heterocycles. The smallest absolute Gasteiger partial charge is 0.0420 e. The number of halogens is 1. The zero-order valence-corrected chi connectivity index (χ0v) is 14.2. The number of rotatable bonds is 4. The van der Waals surface area contributed by atoms with Crippen LogP contribution in [0.3, 0.4) is 0 Å². The molecule has 4 unspecified atom stereocenters. The number of hydrogen-bond donors (Lipinski definition) is 2. The molecule has 0 aromatic carbocycles. The Balaban J connectivity index is 1.61. The molecular formula is C17H26BrN3. The summed E-state index contributed by atoms with van der Waals surface area (Å²) < 4.78 is 1.03. The molecule has 1 aromatic heterocycles. The SMILES string of the molecule is NNC(Cc1ccc(Br)cn1)C1CCC2CCCCC2C1. The second-order valence-electron chi connectivity index (χ2n) is 6.82. The Labute approximate surface area is 136 Å². The van der Waals surface area contributed by atoms with Crippen molar-refractivity contribution in [1.29, 1.82) is 0 Å². The van der Waals surface area contributed by atoms with Crippen LogP contribution in [0.1, 0.15) is 50.6 Å². The predicted molar refractivity (Wildman–Crippen MR) is 89.5 cm³/mol. The third-order valence-corrected chi connectivity index (χ3v) is 6.05. The predicted octanol–water partition coefficient (Wildman–Crippen LogP) is 3.83. The molecule has 2 aliphatic rings. The van der Waals surface area contributed by atoms with Gasteiger partial charge in [0.05, 0.1) is 0 Å². The van der Waals surface area contributed by atoms with Gasteiger partial charge in [0, 0.05) is 28.8 Å². The van der Waals surface area contributed by atoms with Gasteiger partial charge < -0.3 is 0 Å². The third kappa shape index (κ3) is 3.85. The highest BCUT2D eigenvalue weighted by Gasteiger charge is 2.35. The number of nitrogens with two attached hydrogens (primary N) is 1. The number of hydrogen-bond acceptors (Lipinski definition) is 3. The van der Waals surface area contributed by atoms with Gasteiger partial charge in [0.15, 0.2) is 0 Å². The number of aromatic nitrogens is 1. The van der Waals surface area contributed by atoms with Crippen molar-refractivity contribution in [2.75, 3.05) is 0 Å². The second-order valence-corrected chi connectivity index (χ2v) is 7.74. The lowest BCUT2D eigenvalue weighted by Crippen LogP contribution is -2.45. The van der Waals surface area contributed by atoms with Gasteiger partial charge in [-0.15, -0.1) is 0 Å². The third-order valence-electron chi connectivity index (χ3n) is 5.58. The van der Waals surface area contributed by atoms with Crippen LogP contribution >= 0.6 is 15.9 Å². The molecule has 116 valence electrons. The highest BCUT2D eigenvalue weighted by atomic mass is 79.9. The van der Waals surface area contributed by atoms with Crippen molar-refractivity contribution in [1.82, 2.24) is 10.4 Å².